The van der Waals surface area contributed by atoms with Crippen molar-refractivity contribution >= 4 is 60.4 Å². The van der Waals surface area contributed by atoms with Gasteiger partial charge in [0.25, 0.3) is 5.91 Å². The van der Waals surface area contributed by atoms with Crippen molar-refractivity contribution in [3.63, 3.8) is 0 Å². The first-order valence-electron chi connectivity index (χ1n) is 7.67. The summed E-state index contributed by atoms with van der Waals surface area (Å²) in [5.74, 6) is -0.156. The topological polar surface area (TPSA) is 62.7 Å². The summed E-state index contributed by atoms with van der Waals surface area (Å²) in [5, 5.41) is 11.2. The van der Waals surface area contributed by atoms with Crippen molar-refractivity contribution in [2.45, 2.75) is 0 Å². The van der Waals surface area contributed by atoms with Gasteiger partial charge in [0.05, 0.1) is 17.0 Å². The Morgan fingerprint density at radius 2 is 1.88 bits per heavy atom. The average molecular weight is 463 g/mol. The molecule has 0 saturated heterocycles. The molecular weight excluding hydrogens is 450 g/mol. The molecule has 0 fully saturated rings. The highest BCUT2D eigenvalue weighted by molar-refractivity contribution is 9.10. The molecule has 25 heavy (non-hydrogen) atoms. The number of hydrogen-bond acceptors (Lipinski definition) is 4. The quantitative estimate of drug-likeness (QED) is 0.308. The predicted octanol–water partition coefficient (Wildman–Crippen LogP) is 4.35. The first-order chi connectivity index (χ1) is 12.2. The first-order valence-corrected chi connectivity index (χ1v) is 9.59. The molecule has 2 aliphatic heterocycles. The van der Waals surface area contributed by atoms with Gasteiger partial charge in [-0.25, -0.2) is 0 Å². The maximum absolute atomic E-state index is 12.6. The molecule has 7 heteroatoms. The zero-order valence-corrected chi connectivity index (χ0v) is 16.1. The van der Waals surface area contributed by atoms with E-state index in [2.05, 4.69) is 47.6 Å². The second-order valence-electron chi connectivity index (χ2n) is 5.53. The molecule has 1 amide bonds. The van der Waals surface area contributed by atoms with Gasteiger partial charge in [-0.2, -0.15) is 0 Å². The number of carbonyl (C=O) groups is 1. The minimum Gasteiger partial charge on any atom is -0.394 e. The van der Waals surface area contributed by atoms with Crippen molar-refractivity contribution in [1.29, 1.82) is 0 Å². The summed E-state index contributed by atoms with van der Waals surface area (Å²) in [6.45, 7) is 0.448. The Morgan fingerprint density at radius 3 is 2.72 bits per heavy atom. The van der Waals surface area contributed by atoms with Crippen LogP contribution in [0.15, 0.2) is 57.8 Å². The summed E-state index contributed by atoms with van der Waals surface area (Å²) in [5.41, 5.74) is 5.31. The van der Waals surface area contributed by atoms with E-state index in [9.17, 15) is 4.79 Å². The summed E-state index contributed by atoms with van der Waals surface area (Å²) in [6, 6.07) is 13.5. The number of benzene rings is 2. The lowest BCUT2D eigenvalue weighted by atomic mass is 10.0. The molecule has 0 radical (unpaired) electrons. The Bertz CT molecular complexity index is 938. The number of hydrogen-bond donors (Lipinski definition) is 2. The lowest BCUT2D eigenvalue weighted by Crippen LogP contribution is -2.13. The van der Waals surface area contributed by atoms with Gasteiger partial charge in [-0.05, 0) is 18.2 Å². The Kier molecular flexibility index (Phi) is 4.35. The number of rotatable bonds is 3. The number of nitrogens with one attached hydrogen (secondary N) is 2. The molecule has 0 spiro atoms. The molecule has 0 saturated carbocycles. The van der Waals surface area contributed by atoms with Crippen molar-refractivity contribution in [3.05, 3.63) is 63.8 Å². The first kappa shape index (κ1) is 16.4. The number of carbonyl (C=O) groups excluding carboxylic acids is 1. The largest absolute Gasteiger partial charge is 0.394 e. The van der Waals surface area contributed by atoms with Gasteiger partial charge in [-0.3, -0.25) is 4.79 Å². The number of amides is 1. The van der Waals surface area contributed by atoms with Crippen LogP contribution >= 0.6 is 31.9 Å². The number of fused-ring (bicyclic) bond motifs is 2. The molecule has 126 valence electrons. The van der Waals surface area contributed by atoms with Crippen LogP contribution in [0.1, 0.15) is 11.1 Å². The number of allylic oxidation sites excluding steroid dienone is 1. The molecule has 2 N–H and O–H groups in total. The molecule has 0 bridgehead atoms. The fraction of sp³-hybridized carbons (Fsp3) is 0.111. The van der Waals surface area contributed by atoms with E-state index in [-0.39, 0.29) is 5.91 Å². The standard InChI is InChI=1S/C18H13Br2N3O2/c19-7-8-25-23-16-12-3-1-2-4-13(12)21-17(16)15-11-6-5-10(20)9-14(11)22-18(15)24/h1-6,9,21H,7-8H2,(H,22,24)/b17-15-,23-16+. The smallest absolute Gasteiger partial charge is 0.258 e. The van der Waals surface area contributed by atoms with Gasteiger partial charge >= 0.3 is 0 Å². The van der Waals surface area contributed by atoms with Crippen LogP contribution in [-0.4, -0.2) is 23.6 Å². The number of alkyl halides is 1. The fourth-order valence-electron chi connectivity index (χ4n) is 2.94. The summed E-state index contributed by atoms with van der Waals surface area (Å²) < 4.78 is 0.912. The number of nitrogens with zero attached hydrogens (tertiary/aromatic N) is 1. The number of oxime groups is 1. The van der Waals surface area contributed by atoms with Crippen molar-refractivity contribution in [2.24, 2.45) is 5.16 Å². The van der Waals surface area contributed by atoms with Crippen LogP contribution in [-0.2, 0) is 9.63 Å². The van der Waals surface area contributed by atoms with Crippen LogP contribution in [0.2, 0.25) is 0 Å². The van der Waals surface area contributed by atoms with Gasteiger partial charge in [0.1, 0.15) is 12.3 Å². The summed E-state index contributed by atoms with van der Waals surface area (Å²) in [6.07, 6.45) is 0. The molecule has 0 atom stereocenters. The van der Waals surface area contributed by atoms with Crippen LogP contribution in [0, 0.1) is 0 Å². The van der Waals surface area contributed by atoms with Crippen molar-refractivity contribution in [3.8, 4) is 0 Å². The van der Waals surface area contributed by atoms with Crippen molar-refractivity contribution < 1.29 is 9.63 Å². The zero-order valence-electron chi connectivity index (χ0n) is 13.0. The van der Waals surface area contributed by atoms with Crippen LogP contribution in [0.5, 0.6) is 0 Å². The lowest BCUT2D eigenvalue weighted by Gasteiger charge is -2.06. The summed E-state index contributed by atoms with van der Waals surface area (Å²) in [4.78, 5) is 18.0. The van der Waals surface area contributed by atoms with Gasteiger partial charge in [0, 0.05) is 26.6 Å². The molecular formula is C18H13Br2N3O2. The van der Waals surface area contributed by atoms with E-state index in [1.807, 2.05) is 42.5 Å². The Morgan fingerprint density at radius 1 is 1.04 bits per heavy atom. The van der Waals surface area contributed by atoms with Crippen LogP contribution in [0.4, 0.5) is 11.4 Å². The minimum absolute atomic E-state index is 0.156. The van der Waals surface area contributed by atoms with E-state index in [0.29, 0.717) is 28.9 Å². The molecule has 4 rings (SSSR count). The molecule has 2 aromatic carbocycles. The molecule has 0 aromatic heterocycles. The third-order valence-corrected chi connectivity index (χ3v) is 4.80. The van der Waals surface area contributed by atoms with E-state index in [0.717, 1.165) is 27.0 Å². The van der Waals surface area contributed by atoms with Crippen LogP contribution < -0.4 is 10.6 Å². The van der Waals surface area contributed by atoms with Gasteiger partial charge in [-0.15, -0.1) is 0 Å². The van der Waals surface area contributed by atoms with Gasteiger partial charge < -0.3 is 15.5 Å². The maximum Gasteiger partial charge on any atom is 0.258 e. The second-order valence-corrected chi connectivity index (χ2v) is 7.24. The highest BCUT2D eigenvalue weighted by Gasteiger charge is 2.34. The van der Waals surface area contributed by atoms with E-state index in [1.165, 1.54) is 0 Å². The third kappa shape index (κ3) is 2.87. The third-order valence-electron chi connectivity index (χ3n) is 3.98. The van der Waals surface area contributed by atoms with Gasteiger partial charge in [-0.1, -0.05) is 61.3 Å². The van der Waals surface area contributed by atoms with E-state index < -0.39 is 0 Å². The van der Waals surface area contributed by atoms with Crippen LogP contribution in [0.3, 0.4) is 0 Å². The van der Waals surface area contributed by atoms with E-state index in [4.69, 9.17) is 4.84 Å². The molecule has 2 aromatic rings. The molecule has 0 aliphatic carbocycles. The highest BCUT2D eigenvalue weighted by atomic mass is 79.9. The fourth-order valence-corrected chi connectivity index (χ4v) is 3.45. The molecule has 0 unspecified atom stereocenters. The molecule has 5 nitrogen and oxygen atoms in total. The minimum atomic E-state index is -0.156. The second kappa shape index (κ2) is 6.65. The highest BCUT2D eigenvalue weighted by Crippen LogP contribution is 2.39. The lowest BCUT2D eigenvalue weighted by molar-refractivity contribution is -0.110. The van der Waals surface area contributed by atoms with Crippen molar-refractivity contribution in [2.75, 3.05) is 22.6 Å². The van der Waals surface area contributed by atoms with E-state index in [1.54, 1.807) is 0 Å². The summed E-state index contributed by atoms with van der Waals surface area (Å²) >= 11 is 6.75. The van der Waals surface area contributed by atoms with Gasteiger partial charge in [0.2, 0.25) is 0 Å². The predicted molar refractivity (Wildman–Crippen MR) is 106 cm³/mol. The number of para-hydroxylation sites is 1. The average Bonchev–Trinajstić information content (AvgIpc) is 3.11. The number of halogens is 2. The van der Waals surface area contributed by atoms with Crippen molar-refractivity contribution in [1.82, 2.24) is 0 Å². The van der Waals surface area contributed by atoms with Crippen LogP contribution in [0.25, 0.3) is 5.57 Å². The Hall–Kier alpha value is -2.12. The number of anilines is 2. The van der Waals surface area contributed by atoms with E-state index >= 15 is 0 Å². The SMILES string of the molecule is O=C1Nc2cc(Br)ccc2/C1=C1/Nc2ccccc2/C1=N\OCCBr. The Labute approximate surface area is 161 Å². The monoisotopic (exact) mass is 461 g/mol. The van der Waals surface area contributed by atoms with Gasteiger partial charge in [0.15, 0.2) is 0 Å². The maximum atomic E-state index is 12.6. The summed E-state index contributed by atoms with van der Waals surface area (Å²) in [7, 11) is 0. The Balaban J connectivity index is 1.88. The molecule has 2 aliphatic rings. The molecule has 2 heterocycles. The zero-order chi connectivity index (χ0) is 17.4. The normalized spacial score (nSPS) is 19.4.